The van der Waals surface area contributed by atoms with Crippen LogP contribution in [0.4, 0.5) is 10.8 Å². The first-order valence-electron chi connectivity index (χ1n) is 8.09. The van der Waals surface area contributed by atoms with Crippen LogP contribution in [0.1, 0.15) is 0 Å². The Morgan fingerprint density at radius 2 is 2.07 bits per heavy atom. The third-order valence-corrected chi connectivity index (χ3v) is 5.18. The van der Waals surface area contributed by atoms with E-state index >= 15 is 0 Å². The van der Waals surface area contributed by atoms with Crippen LogP contribution in [0, 0.1) is 0 Å². The Bertz CT molecular complexity index is 904. The standard InChI is InChI=1S/C17H19N7OS2/c1-4-9-24-15(12-5-7-13(8-6-12)23(2)3)20-22-17(24)26-10-14(25)19-16-21-18-11-27-16/h4-8,11H,1,9-10H2,2-3H3,(H,19,21,25). The molecule has 1 amide bonds. The van der Waals surface area contributed by atoms with Crippen LogP contribution < -0.4 is 10.2 Å². The summed E-state index contributed by atoms with van der Waals surface area (Å²) in [5, 5.41) is 19.9. The van der Waals surface area contributed by atoms with Gasteiger partial charge in [-0.1, -0.05) is 29.2 Å². The largest absolute Gasteiger partial charge is 0.378 e. The van der Waals surface area contributed by atoms with Crippen molar-refractivity contribution < 1.29 is 4.79 Å². The molecule has 0 aliphatic heterocycles. The molecule has 140 valence electrons. The van der Waals surface area contributed by atoms with Crippen LogP contribution in [0.5, 0.6) is 0 Å². The molecule has 2 heterocycles. The molecular weight excluding hydrogens is 382 g/mol. The van der Waals surface area contributed by atoms with Crippen molar-refractivity contribution in [3.8, 4) is 11.4 Å². The van der Waals surface area contributed by atoms with E-state index < -0.39 is 0 Å². The molecule has 2 aromatic heterocycles. The van der Waals surface area contributed by atoms with Gasteiger partial charge in [-0.25, -0.2) is 0 Å². The van der Waals surface area contributed by atoms with E-state index in [9.17, 15) is 4.79 Å². The summed E-state index contributed by atoms with van der Waals surface area (Å²) in [5.74, 6) is 0.781. The first-order chi connectivity index (χ1) is 13.1. The number of thioether (sulfide) groups is 1. The molecular formula is C17H19N7OS2. The Morgan fingerprint density at radius 3 is 2.70 bits per heavy atom. The summed E-state index contributed by atoms with van der Waals surface area (Å²) in [6, 6.07) is 8.08. The van der Waals surface area contributed by atoms with E-state index in [2.05, 4.69) is 32.3 Å². The molecule has 3 rings (SSSR count). The van der Waals surface area contributed by atoms with Crippen LogP contribution in [0.15, 0.2) is 47.6 Å². The van der Waals surface area contributed by atoms with E-state index in [1.807, 2.05) is 47.8 Å². The molecule has 0 atom stereocenters. The fourth-order valence-electron chi connectivity index (χ4n) is 2.32. The van der Waals surface area contributed by atoms with Gasteiger partial charge in [0.05, 0.1) is 5.75 Å². The number of hydrogen-bond donors (Lipinski definition) is 1. The minimum absolute atomic E-state index is 0.165. The van der Waals surface area contributed by atoms with Gasteiger partial charge in [-0.05, 0) is 24.3 Å². The second-order valence-electron chi connectivity index (χ2n) is 5.73. The van der Waals surface area contributed by atoms with Crippen molar-refractivity contribution in [2.75, 3.05) is 30.1 Å². The van der Waals surface area contributed by atoms with Gasteiger partial charge in [0.25, 0.3) is 0 Å². The van der Waals surface area contributed by atoms with E-state index in [0.717, 1.165) is 17.1 Å². The summed E-state index contributed by atoms with van der Waals surface area (Å²) < 4.78 is 1.95. The second-order valence-corrected chi connectivity index (χ2v) is 7.50. The van der Waals surface area contributed by atoms with Gasteiger partial charge < -0.3 is 4.90 Å². The Labute approximate surface area is 165 Å². The van der Waals surface area contributed by atoms with Crippen molar-refractivity contribution in [2.45, 2.75) is 11.7 Å². The fraction of sp³-hybridized carbons (Fsp3) is 0.235. The van der Waals surface area contributed by atoms with Gasteiger partial charge >= 0.3 is 0 Å². The second kappa shape index (κ2) is 8.78. The summed E-state index contributed by atoms with van der Waals surface area (Å²) >= 11 is 2.59. The predicted molar refractivity (Wildman–Crippen MR) is 109 cm³/mol. The van der Waals surface area contributed by atoms with Crippen LogP contribution in [0.25, 0.3) is 11.4 Å². The van der Waals surface area contributed by atoms with Crippen molar-refractivity contribution in [3.05, 3.63) is 42.4 Å². The number of nitrogens with one attached hydrogen (secondary N) is 1. The van der Waals surface area contributed by atoms with Gasteiger partial charge in [-0.2, -0.15) is 0 Å². The minimum Gasteiger partial charge on any atom is -0.378 e. The fourth-order valence-corrected chi connectivity index (χ4v) is 3.53. The van der Waals surface area contributed by atoms with Crippen molar-refractivity contribution in [3.63, 3.8) is 0 Å². The number of aromatic nitrogens is 5. The molecule has 0 unspecified atom stereocenters. The van der Waals surface area contributed by atoms with E-state index in [4.69, 9.17) is 0 Å². The number of amides is 1. The van der Waals surface area contributed by atoms with E-state index in [0.29, 0.717) is 16.8 Å². The summed E-state index contributed by atoms with van der Waals surface area (Å²) in [6.07, 6.45) is 1.78. The first-order valence-corrected chi connectivity index (χ1v) is 9.95. The maximum atomic E-state index is 12.1. The van der Waals surface area contributed by atoms with E-state index in [1.165, 1.54) is 23.1 Å². The van der Waals surface area contributed by atoms with Crippen LogP contribution in [0.2, 0.25) is 0 Å². The van der Waals surface area contributed by atoms with Gasteiger partial charge in [-0.3, -0.25) is 14.7 Å². The quantitative estimate of drug-likeness (QED) is 0.458. The number of anilines is 2. The number of benzene rings is 1. The highest BCUT2D eigenvalue weighted by molar-refractivity contribution is 7.99. The molecule has 0 radical (unpaired) electrons. The van der Waals surface area contributed by atoms with Crippen molar-refractivity contribution >= 4 is 39.8 Å². The average molecular weight is 402 g/mol. The van der Waals surface area contributed by atoms with Gasteiger partial charge in [-0.15, -0.1) is 27.0 Å². The SMILES string of the molecule is C=CCn1c(SCC(=O)Nc2nncs2)nnc1-c1ccc(N(C)C)cc1. The predicted octanol–water partition coefficient (Wildman–Crippen LogP) is 2.78. The molecule has 0 saturated heterocycles. The molecule has 3 aromatic rings. The highest BCUT2D eigenvalue weighted by Crippen LogP contribution is 2.26. The zero-order chi connectivity index (χ0) is 19.2. The van der Waals surface area contributed by atoms with Crippen molar-refractivity contribution in [2.24, 2.45) is 0 Å². The zero-order valence-corrected chi connectivity index (χ0v) is 16.6. The number of hydrogen-bond acceptors (Lipinski definition) is 8. The number of nitrogens with zero attached hydrogens (tertiary/aromatic N) is 6. The molecule has 0 fully saturated rings. The summed E-state index contributed by atoms with van der Waals surface area (Å²) in [5.41, 5.74) is 3.63. The smallest absolute Gasteiger partial charge is 0.236 e. The molecule has 0 bridgehead atoms. The number of carbonyl (C=O) groups is 1. The third kappa shape index (κ3) is 4.72. The summed E-state index contributed by atoms with van der Waals surface area (Å²) in [6.45, 7) is 4.36. The lowest BCUT2D eigenvalue weighted by atomic mass is 10.2. The molecule has 0 aliphatic rings. The van der Waals surface area contributed by atoms with Gasteiger partial charge in [0.1, 0.15) is 5.51 Å². The minimum atomic E-state index is -0.165. The highest BCUT2D eigenvalue weighted by Gasteiger charge is 2.15. The molecule has 1 aromatic carbocycles. The Hall–Kier alpha value is -2.72. The van der Waals surface area contributed by atoms with Crippen LogP contribution in [0.3, 0.4) is 0 Å². The molecule has 10 heteroatoms. The van der Waals surface area contributed by atoms with E-state index in [-0.39, 0.29) is 11.7 Å². The lowest BCUT2D eigenvalue weighted by Gasteiger charge is -2.13. The van der Waals surface area contributed by atoms with Gasteiger partial charge in [0.2, 0.25) is 11.0 Å². The van der Waals surface area contributed by atoms with Crippen LogP contribution in [-0.4, -0.2) is 50.7 Å². The molecule has 0 saturated carbocycles. The molecule has 8 nitrogen and oxygen atoms in total. The number of rotatable bonds is 8. The normalized spacial score (nSPS) is 10.6. The Balaban J connectivity index is 1.74. The number of allylic oxidation sites excluding steroid dienone is 1. The highest BCUT2D eigenvalue weighted by atomic mass is 32.2. The molecule has 0 aliphatic carbocycles. The first kappa shape index (κ1) is 19.1. The number of carbonyl (C=O) groups excluding carboxylic acids is 1. The summed E-state index contributed by atoms with van der Waals surface area (Å²) in [4.78, 5) is 14.1. The lowest BCUT2D eigenvalue weighted by Crippen LogP contribution is -2.14. The monoisotopic (exact) mass is 401 g/mol. The third-order valence-electron chi connectivity index (χ3n) is 3.61. The van der Waals surface area contributed by atoms with Crippen molar-refractivity contribution in [1.29, 1.82) is 0 Å². The van der Waals surface area contributed by atoms with Gasteiger partial charge in [0, 0.05) is 31.9 Å². The molecule has 27 heavy (non-hydrogen) atoms. The molecule has 0 spiro atoms. The van der Waals surface area contributed by atoms with Crippen molar-refractivity contribution in [1.82, 2.24) is 25.0 Å². The topological polar surface area (TPSA) is 88.8 Å². The van der Waals surface area contributed by atoms with Crippen LogP contribution in [-0.2, 0) is 11.3 Å². The lowest BCUT2D eigenvalue weighted by molar-refractivity contribution is -0.113. The Morgan fingerprint density at radius 1 is 1.30 bits per heavy atom. The summed E-state index contributed by atoms with van der Waals surface area (Å²) in [7, 11) is 3.99. The van der Waals surface area contributed by atoms with Crippen LogP contribution >= 0.6 is 23.1 Å². The molecule has 1 N–H and O–H groups in total. The maximum absolute atomic E-state index is 12.1. The maximum Gasteiger partial charge on any atom is 0.236 e. The van der Waals surface area contributed by atoms with Gasteiger partial charge in [0.15, 0.2) is 11.0 Å². The Kier molecular flexibility index (Phi) is 6.20. The zero-order valence-electron chi connectivity index (χ0n) is 15.0. The van der Waals surface area contributed by atoms with E-state index in [1.54, 1.807) is 11.6 Å². The average Bonchev–Trinajstić information content (AvgIpc) is 3.30.